The van der Waals surface area contributed by atoms with Gasteiger partial charge in [-0.15, -0.1) is 11.3 Å². The Balaban J connectivity index is 1.50. The summed E-state index contributed by atoms with van der Waals surface area (Å²) in [6.07, 6.45) is 0. The van der Waals surface area contributed by atoms with Crippen LogP contribution in [0.4, 0.5) is 0 Å². The molecule has 0 spiro atoms. The number of hydrogen-bond donors (Lipinski definition) is 1. The smallest absolute Gasteiger partial charge is 0.272 e. The second-order valence-corrected chi connectivity index (χ2v) is 7.94. The summed E-state index contributed by atoms with van der Waals surface area (Å²) in [5.41, 5.74) is 3.13. The number of carbonyl (C=O) groups excluding carboxylic acids is 1. The van der Waals surface area contributed by atoms with Crippen LogP contribution in [0.25, 0.3) is 21.5 Å². The van der Waals surface area contributed by atoms with Gasteiger partial charge in [0.1, 0.15) is 10.7 Å². The van der Waals surface area contributed by atoms with E-state index in [1.165, 1.54) is 0 Å². The Labute approximate surface area is 162 Å². The number of rotatable bonds is 4. The third-order valence-corrected chi connectivity index (χ3v) is 5.56. The molecule has 0 atom stereocenters. The number of hydrogen-bond acceptors (Lipinski definition) is 4. The van der Waals surface area contributed by atoms with Gasteiger partial charge in [0.2, 0.25) is 0 Å². The van der Waals surface area contributed by atoms with E-state index in [-0.39, 0.29) is 5.91 Å². The Hall–Kier alpha value is -2.51. The summed E-state index contributed by atoms with van der Waals surface area (Å²) in [5, 5.41) is 8.01. The Morgan fingerprint density at radius 3 is 2.73 bits per heavy atom. The SMILES string of the molecule is CN(Cc1nc2ccccc2s1)C(=O)c1cc(-c2ccc(Br)cc2)n[nH]1. The highest BCUT2D eigenvalue weighted by Gasteiger charge is 2.17. The summed E-state index contributed by atoms with van der Waals surface area (Å²) < 4.78 is 2.13. The van der Waals surface area contributed by atoms with Crippen molar-refractivity contribution in [3.63, 3.8) is 0 Å². The fourth-order valence-electron chi connectivity index (χ4n) is 2.67. The molecule has 4 aromatic rings. The number of amides is 1. The van der Waals surface area contributed by atoms with E-state index >= 15 is 0 Å². The van der Waals surface area contributed by atoms with Crippen LogP contribution in [-0.4, -0.2) is 33.0 Å². The van der Waals surface area contributed by atoms with Crippen molar-refractivity contribution in [2.24, 2.45) is 0 Å². The van der Waals surface area contributed by atoms with Crippen LogP contribution in [0.15, 0.2) is 59.1 Å². The fraction of sp³-hybridized carbons (Fsp3) is 0.105. The van der Waals surface area contributed by atoms with Crippen molar-refractivity contribution in [2.75, 3.05) is 7.05 Å². The second kappa shape index (κ2) is 7.01. The number of benzene rings is 2. The summed E-state index contributed by atoms with van der Waals surface area (Å²) in [4.78, 5) is 18.9. The topological polar surface area (TPSA) is 61.9 Å². The number of aromatic nitrogens is 3. The molecule has 1 amide bonds. The van der Waals surface area contributed by atoms with Crippen molar-refractivity contribution in [2.45, 2.75) is 6.54 Å². The second-order valence-electron chi connectivity index (χ2n) is 5.91. The molecule has 130 valence electrons. The first-order valence-corrected chi connectivity index (χ1v) is 9.62. The molecule has 2 heterocycles. The van der Waals surface area contributed by atoms with Gasteiger partial charge in [-0.3, -0.25) is 9.89 Å². The first-order valence-electron chi connectivity index (χ1n) is 8.01. The fourth-order valence-corrected chi connectivity index (χ4v) is 3.95. The van der Waals surface area contributed by atoms with Gasteiger partial charge in [-0.1, -0.05) is 40.2 Å². The number of aromatic amines is 1. The molecule has 0 radical (unpaired) electrons. The number of thiazole rings is 1. The predicted octanol–water partition coefficient (Wildman–Crippen LogP) is 4.72. The normalized spacial score (nSPS) is 11.0. The summed E-state index contributed by atoms with van der Waals surface area (Å²) in [7, 11) is 1.77. The molecule has 0 unspecified atom stereocenters. The Morgan fingerprint density at radius 1 is 1.19 bits per heavy atom. The summed E-state index contributed by atoms with van der Waals surface area (Å²) in [5.74, 6) is -0.111. The molecule has 5 nitrogen and oxygen atoms in total. The molecule has 0 saturated carbocycles. The maximum absolute atomic E-state index is 12.7. The van der Waals surface area contributed by atoms with E-state index in [2.05, 4.69) is 31.1 Å². The van der Waals surface area contributed by atoms with Crippen molar-refractivity contribution in [1.82, 2.24) is 20.1 Å². The first-order chi connectivity index (χ1) is 12.6. The van der Waals surface area contributed by atoms with Crippen molar-refractivity contribution in [1.29, 1.82) is 0 Å². The first kappa shape index (κ1) is 16.9. The molecule has 2 aromatic heterocycles. The van der Waals surface area contributed by atoms with Gasteiger partial charge in [0, 0.05) is 17.1 Å². The Morgan fingerprint density at radius 2 is 1.96 bits per heavy atom. The highest BCUT2D eigenvalue weighted by molar-refractivity contribution is 9.10. The van der Waals surface area contributed by atoms with E-state index in [9.17, 15) is 4.79 Å². The quantitative estimate of drug-likeness (QED) is 0.513. The van der Waals surface area contributed by atoms with Crippen molar-refractivity contribution in [3.05, 3.63) is 69.8 Å². The largest absolute Gasteiger partial charge is 0.334 e. The van der Waals surface area contributed by atoms with Crippen LogP contribution in [0.5, 0.6) is 0 Å². The third-order valence-electron chi connectivity index (χ3n) is 4.01. The molecule has 2 aromatic carbocycles. The van der Waals surface area contributed by atoms with Gasteiger partial charge in [-0.2, -0.15) is 5.10 Å². The van der Waals surface area contributed by atoms with Gasteiger partial charge in [0.25, 0.3) is 5.91 Å². The lowest BCUT2D eigenvalue weighted by molar-refractivity contribution is 0.0779. The number of para-hydroxylation sites is 1. The number of nitrogens with one attached hydrogen (secondary N) is 1. The van der Waals surface area contributed by atoms with E-state index in [4.69, 9.17) is 0 Å². The van der Waals surface area contributed by atoms with Crippen LogP contribution < -0.4 is 0 Å². The van der Waals surface area contributed by atoms with Gasteiger partial charge in [-0.25, -0.2) is 4.98 Å². The zero-order chi connectivity index (χ0) is 18.1. The third kappa shape index (κ3) is 3.40. The van der Waals surface area contributed by atoms with Crippen LogP contribution in [0.2, 0.25) is 0 Å². The minimum absolute atomic E-state index is 0.111. The molecule has 0 aliphatic carbocycles. The highest BCUT2D eigenvalue weighted by Crippen LogP contribution is 2.24. The average molecular weight is 427 g/mol. The number of nitrogens with zero attached hydrogens (tertiary/aromatic N) is 3. The van der Waals surface area contributed by atoms with Crippen LogP contribution in [0.3, 0.4) is 0 Å². The average Bonchev–Trinajstić information content (AvgIpc) is 3.28. The standard InChI is InChI=1S/C19H15BrN4OS/c1-24(11-18-21-14-4-2-3-5-17(14)26-18)19(25)16-10-15(22-23-16)12-6-8-13(20)9-7-12/h2-10H,11H2,1H3,(H,22,23). The van der Waals surface area contributed by atoms with E-state index in [0.717, 1.165) is 31.0 Å². The molecule has 7 heteroatoms. The minimum Gasteiger partial charge on any atom is -0.334 e. The molecule has 26 heavy (non-hydrogen) atoms. The van der Waals surface area contributed by atoms with Crippen molar-refractivity contribution >= 4 is 43.4 Å². The van der Waals surface area contributed by atoms with Crippen LogP contribution in [0, 0.1) is 0 Å². The molecular weight excluding hydrogens is 412 g/mol. The van der Waals surface area contributed by atoms with E-state index in [1.54, 1.807) is 29.4 Å². The van der Waals surface area contributed by atoms with Gasteiger partial charge < -0.3 is 4.90 Å². The molecule has 1 N–H and O–H groups in total. The molecule has 0 saturated heterocycles. The Kier molecular flexibility index (Phi) is 4.57. The lowest BCUT2D eigenvalue weighted by Gasteiger charge is -2.13. The number of fused-ring (bicyclic) bond motifs is 1. The van der Waals surface area contributed by atoms with Gasteiger partial charge in [0.15, 0.2) is 0 Å². The summed E-state index contributed by atoms with van der Waals surface area (Å²) in [6, 6.07) is 17.6. The van der Waals surface area contributed by atoms with Gasteiger partial charge in [0.05, 0.1) is 22.5 Å². The van der Waals surface area contributed by atoms with E-state index < -0.39 is 0 Å². The molecule has 0 aliphatic rings. The van der Waals surface area contributed by atoms with E-state index in [1.807, 2.05) is 48.5 Å². The molecular formula is C19H15BrN4OS. The lowest BCUT2D eigenvalue weighted by Crippen LogP contribution is -2.26. The van der Waals surface area contributed by atoms with Crippen LogP contribution in [-0.2, 0) is 6.54 Å². The maximum atomic E-state index is 12.7. The minimum atomic E-state index is -0.111. The van der Waals surface area contributed by atoms with Crippen molar-refractivity contribution < 1.29 is 4.79 Å². The number of carbonyl (C=O) groups is 1. The van der Waals surface area contributed by atoms with Crippen LogP contribution >= 0.6 is 27.3 Å². The zero-order valence-electron chi connectivity index (χ0n) is 13.9. The predicted molar refractivity (Wildman–Crippen MR) is 107 cm³/mol. The Bertz CT molecular complexity index is 1040. The monoisotopic (exact) mass is 426 g/mol. The summed E-state index contributed by atoms with van der Waals surface area (Å²) >= 11 is 5.02. The molecule has 0 bridgehead atoms. The number of H-pyrrole nitrogens is 1. The van der Waals surface area contributed by atoms with E-state index in [0.29, 0.717) is 12.2 Å². The lowest BCUT2D eigenvalue weighted by atomic mass is 10.1. The van der Waals surface area contributed by atoms with Gasteiger partial charge >= 0.3 is 0 Å². The molecule has 0 fully saturated rings. The molecule has 0 aliphatic heterocycles. The maximum Gasteiger partial charge on any atom is 0.272 e. The molecule has 4 rings (SSSR count). The zero-order valence-corrected chi connectivity index (χ0v) is 16.3. The summed E-state index contributed by atoms with van der Waals surface area (Å²) in [6.45, 7) is 0.463. The van der Waals surface area contributed by atoms with Gasteiger partial charge in [-0.05, 0) is 30.3 Å². The van der Waals surface area contributed by atoms with Crippen LogP contribution in [0.1, 0.15) is 15.5 Å². The highest BCUT2D eigenvalue weighted by atomic mass is 79.9. The number of halogens is 1. The van der Waals surface area contributed by atoms with Crippen molar-refractivity contribution in [3.8, 4) is 11.3 Å².